The minimum absolute atomic E-state index is 0.215. The number of nitrogens with two attached hydrogens (primary N) is 1. The number of hydrogen-bond acceptors (Lipinski definition) is 7. The molecule has 0 unspecified atom stereocenters. The third-order valence-corrected chi connectivity index (χ3v) is 5.88. The highest BCUT2D eigenvalue weighted by Crippen LogP contribution is 2.32. The summed E-state index contributed by atoms with van der Waals surface area (Å²) in [6.07, 6.45) is 0. The first-order valence-corrected chi connectivity index (χ1v) is 10.7. The first-order valence-electron chi connectivity index (χ1n) is 8.95. The number of fused-ring (bicyclic) bond motifs is 1. The molecule has 8 nitrogen and oxygen atoms in total. The van der Waals surface area contributed by atoms with Crippen LogP contribution in [0.2, 0.25) is 10.0 Å². The van der Waals surface area contributed by atoms with E-state index in [4.69, 9.17) is 33.5 Å². The molecule has 2 heterocycles. The molecule has 0 atom stereocenters. The Morgan fingerprint density at radius 1 is 1.19 bits per heavy atom. The molecule has 0 bridgehead atoms. The number of carbonyl (C=O) groups is 1. The van der Waals surface area contributed by atoms with Gasteiger partial charge in [0.25, 0.3) is 0 Å². The summed E-state index contributed by atoms with van der Waals surface area (Å²) in [6, 6.07) is 11.6. The third kappa shape index (κ3) is 4.53. The Bertz CT molecular complexity index is 1370. The van der Waals surface area contributed by atoms with Crippen LogP contribution in [0.25, 0.3) is 22.4 Å². The quantitative estimate of drug-likeness (QED) is 0.250. The van der Waals surface area contributed by atoms with Gasteiger partial charge in [0.05, 0.1) is 5.02 Å². The third-order valence-electron chi connectivity index (χ3n) is 4.34. The summed E-state index contributed by atoms with van der Waals surface area (Å²) in [6.45, 7) is 1.40. The second-order valence-corrected chi connectivity index (χ2v) is 8.36. The van der Waals surface area contributed by atoms with Crippen LogP contribution in [0.4, 0.5) is 5.69 Å². The summed E-state index contributed by atoms with van der Waals surface area (Å²) in [7, 11) is 0. The molecule has 3 N–H and O–H groups in total. The molecular formula is C20H15Cl2N5O3S. The number of nitrogens with one attached hydrogen (secondary N) is 1. The molecule has 0 saturated heterocycles. The maximum atomic E-state index is 12.0. The van der Waals surface area contributed by atoms with Gasteiger partial charge < -0.3 is 15.6 Å². The van der Waals surface area contributed by atoms with Gasteiger partial charge in [0.2, 0.25) is 11.1 Å². The number of rotatable bonds is 5. The molecule has 158 valence electrons. The fourth-order valence-corrected chi connectivity index (χ4v) is 4.34. The number of aromatic nitrogens is 3. The van der Waals surface area contributed by atoms with Crippen LogP contribution in [-0.4, -0.2) is 20.8 Å². The average Bonchev–Trinajstić information content (AvgIpc) is 3.05. The van der Waals surface area contributed by atoms with Crippen LogP contribution in [0, 0.1) is 0 Å². The Morgan fingerprint density at radius 3 is 2.74 bits per heavy atom. The molecule has 0 fully saturated rings. The van der Waals surface area contributed by atoms with Gasteiger partial charge in [-0.15, -0.1) is 10.2 Å². The predicted molar refractivity (Wildman–Crippen MR) is 122 cm³/mol. The highest BCUT2D eigenvalue weighted by Gasteiger charge is 2.16. The molecule has 0 radical (unpaired) electrons. The smallest absolute Gasteiger partial charge is 0.336 e. The highest BCUT2D eigenvalue weighted by atomic mass is 35.5. The Morgan fingerprint density at radius 2 is 2.00 bits per heavy atom. The van der Waals surface area contributed by atoms with Crippen molar-refractivity contribution in [3.63, 3.8) is 0 Å². The SMILES string of the molecule is CC(=O)Nc1ccc2c(CSc3nnc(-c4ccc(Cl)cc4Cl)n3N)cc(=O)oc2c1. The standard InChI is InChI=1S/C20H15Cl2N5O3S/c1-10(28)24-13-3-5-14-11(6-18(29)30-17(14)8-13)9-31-20-26-25-19(27(20)23)15-4-2-12(21)7-16(15)22/h2-8H,9,23H2,1H3,(H,24,28). The largest absolute Gasteiger partial charge is 0.423 e. The summed E-state index contributed by atoms with van der Waals surface area (Å²) in [4.78, 5) is 23.3. The van der Waals surface area contributed by atoms with Crippen molar-refractivity contribution in [3.8, 4) is 11.4 Å². The zero-order valence-corrected chi connectivity index (χ0v) is 18.4. The first-order chi connectivity index (χ1) is 14.8. The predicted octanol–water partition coefficient (Wildman–Crippen LogP) is 4.32. The molecule has 2 aromatic heterocycles. The number of halogens is 2. The van der Waals surface area contributed by atoms with E-state index in [-0.39, 0.29) is 5.91 Å². The number of carbonyl (C=O) groups excluding carboxylic acids is 1. The molecule has 1 amide bonds. The number of nitrogens with zero attached hydrogens (tertiary/aromatic N) is 3. The number of anilines is 1. The molecule has 4 rings (SSSR count). The van der Waals surface area contributed by atoms with Gasteiger partial charge in [-0.3, -0.25) is 4.79 Å². The lowest BCUT2D eigenvalue weighted by Gasteiger charge is -2.08. The van der Waals surface area contributed by atoms with Crippen molar-refractivity contribution in [2.45, 2.75) is 17.8 Å². The minimum atomic E-state index is -0.495. The maximum absolute atomic E-state index is 12.0. The topological polar surface area (TPSA) is 116 Å². The van der Waals surface area contributed by atoms with E-state index in [1.54, 1.807) is 36.4 Å². The number of hydrogen-bond donors (Lipinski definition) is 2. The normalized spacial score (nSPS) is 11.1. The van der Waals surface area contributed by atoms with Crippen LogP contribution < -0.4 is 16.8 Å². The van der Waals surface area contributed by atoms with E-state index in [1.165, 1.54) is 29.4 Å². The first kappa shape index (κ1) is 21.2. The molecule has 4 aromatic rings. The highest BCUT2D eigenvalue weighted by molar-refractivity contribution is 7.98. The Balaban J connectivity index is 1.62. The van der Waals surface area contributed by atoms with Crippen LogP contribution in [0.3, 0.4) is 0 Å². The van der Waals surface area contributed by atoms with Gasteiger partial charge >= 0.3 is 5.63 Å². The Labute approximate surface area is 190 Å². The van der Waals surface area contributed by atoms with Crippen molar-refractivity contribution in [3.05, 3.63) is 68.5 Å². The molecule has 0 aliphatic carbocycles. The Kier molecular flexibility index (Phi) is 5.90. The average molecular weight is 476 g/mol. The van der Waals surface area contributed by atoms with E-state index >= 15 is 0 Å². The second-order valence-electron chi connectivity index (χ2n) is 6.57. The van der Waals surface area contributed by atoms with E-state index in [0.29, 0.717) is 43.6 Å². The fraction of sp³-hybridized carbons (Fsp3) is 0.100. The van der Waals surface area contributed by atoms with Crippen molar-refractivity contribution < 1.29 is 9.21 Å². The number of thioether (sulfide) groups is 1. The minimum Gasteiger partial charge on any atom is -0.423 e. The zero-order chi connectivity index (χ0) is 22.1. The van der Waals surface area contributed by atoms with Gasteiger partial charge in [0.1, 0.15) is 5.58 Å². The number of amides is 1. The molecule has 0 saturated carbocycles. The van der Waals surface area contributed by atoms with E-state index < -0.39 is 5.63 Å². The van der Waals surface area contributed by atoms with Crippen molar-refractivity contribution in [2.75, 3.05) is 11.2 Å². The van der Waals surface area contributed by atoms with E-state index in [1.807, 2.05) is 0 Å². The zero-order valence-electron chi connectivity index (χ0n) is 16.1. The van der Waals surface area contributed by atoms with Gasteiger partial charge in [0.15, 0.2) is 5.82 Å². The summed E-state index contributed by atoms with van der Waals surface area (Å²) < 4.78 is 6.62. The lowest BCUT2D eigenvalue weighted by Crippen LogP contribution is -2.12. The van der Waals surface area contributed by atoms with Crippen LogP contribution in [0.15, 0.2) is 56.8 Å². The summed E-state index contributed by atoms with van der Waals surface area (Å²) in [5.41, 5.74) is 1.76. The van der Waals surface area contributed by atoms with Gasteiger partial charge in [-0.2, -0.15) is 0 Å². The van der Waals surface area contributed by atoms with Crippen LogP contribution in [0.5, 0.6) is 0 Å². The van der Waals surface area contributed by atoms with Crippen molar-refractivity contribution in [1.82, 2.24) is 14.9 Å². The summed E-state index contributed by atoms with van der Waals surface area (Å²) in [5, 5.41) is 13.0. The van der Waals surface area contributed by atoms with E-state index in [2.05, 4.69) is 15.5 Å². The van der Waals surface area contributed by atoms with Crippen LogP contribution >= 0.6 is 35.0 Å². The second kappa shape index (κ2) is 8.62. The molecule has 0 aliphatic rings. The molecule has 2 aromatic carbocycles. The van der Waals surface area contributed by atoms with Crippen molar-refractivity contribution >= 4 is 57.5 Å². The van der Waals surface area contributed by atoms with Gasteiger partial charge in [-0.1, -0.05) is 35.0 Å². The molecule has 11 heteroatoms. The molecule has 31 heavy (non-hydrogen) atoms. The fourth-order valence-electron chi connectivity index (χ4n) is 3.00. The molecular weight excluding hydrogens is 461 g/mol. The van der Waals surface area contributed by atoms with Crippen LogP contribution in [0.1, 0.15) is 12.5 Å². The van der Waals surface area contributed by atoms with Crippen LogP contribution in [-0.2, 0) is 10.5 Å². The van der Waals surface area contributed by atoms with E-state index in [0.717, 1.165) is 10.9 Å². The monoisotopic (exact) mass is 475 g/mol. The number of benzene rings is 2. The number of nitrogen functional groups attached to an aromatic ring is 1. The summed E-state index contributed by atoms with van der Waals surface area (Å²) in [5.74, 6) is 6.74. The summed E-state index contributed by atoms with van der Waals surface area (Å²) >= 11 is 13.5. The molecule has 0 aliphatic heterocycles. The van der Waals surface area contributed by atoms with Gasteiger partial charge in [-0.05, 0) is 35.9 Å². The lowest BCUT2D eigenvalue weighted by atomic mass is 10.1. The maximum Gasteiger partial charge on any atom is 0.336 e. The van der Waals surface area contributed by atoms with Gasteiger partial charge in [0, 0.05) is 46.5 Å². The van der Waals surface area contributed by atoms with Gasteiger partial charge in [-0.25, -0.2) is 9.47 Å². The Hall–Kier alpha value is -3.01. The van der Waals surface area contributed by atoms with Crippen molar-refractivity contribution in [1.29, 1.82) is 0 Å². The lowest BCUT2D eigenvalue weighted by molar-refractivity contribution is -0.114. The van der Waals surface area contributed by atoms with E-state index in [9.17, 15) is 9.59 Å². The van der Waals surface area contributed by atoms with Crippen molar-refractivity contribution in [2.24, 2.45) is 0 Å². The molecule has 0 spiro atoms.